The zero-order valence-corrected chi connectivity index (χ0v) is 23.0. The third-order valence-electron chi connectivity index (χ3n) is 6.48. The molecule has 0 saturated carbocycles. The summed E-state index contributed by atoms with van der Waals surface area (Å²) in [5, 5.41) is 7.33. The number of hydrogen-bond acceptors (Lipinski definition) is 4. The van der Waals surface area contributed by atoms with Crippen molar-refractivity contribution in [3.05, 3.63) is 70.3 Å². The van der Waals surface area contributed by atoms with Crippen molar-refractivity contribution in [1.29, 1.82) is 0 Å². The number of alkyl halides is 9. The highest BCUT2D eigenvalue weighted by Gasteiger charge is 2.62. The molecule has 43 heavy (non-hydrogen) atoms. The molecule has 1 aliphatic heterocycles. The maximum Gasteiger partial charge on any atom is 0.435 e. The molecule has 6 nitrogen and oxygen atoms in total. The zero-order chi connectivity index (χ0) is 32.4. The number of oxime groups is 1. The van der Waals surface area contributed by atoms with E-state index in [1.807, 2.05) is 0 Å². The molecule has 234 valence electrons. The molecule has 0 spiro atoms. The number of halogens is 10. The van der Waals surface area contributed by atoms with Gasteiger partial charge in [-0.3, -0.25) is 9.59 Å². The molecule has 1 aliphatic rings. The van der Waals surface area contributed by atoms with Crippen LogP contribution in [0.3, 0.4) is 0 Å². The van der Waals surface area contributed by atoms with E-state index in [9.17, 15) is 49.1 Å². The predicted molar refractivity (Wildman–Crippen MR) is 139 cm³/mol. The molecule has 1 heterocycles. The number of nitrogens with one attached hydrogen (secondary N) is 2. The highest BCUT2D eigenvalue weighted by atomic mass is 35.5. The number of carbonyl (C=O) groups excluding carboxylic acids is 2. The number of hydrogen-bond donors (Lipinski definition) is 2. The summed E-state index contributed by atoms with van der Waals surface area (Å²) < 4.78 is 119. The second kappa shape index (κ2) is 12.5. The fraction of sp³-hybridized carbons (Fsp3) is 0.370. The number of allylic oxidation sites excluding steroid dienone is 3. The molecule has 2 amide bonds. The Balaban J connectivity index is 1.90. The lowest BCUT2D eigenvalue weighted by Crippen LogP contribution is -2.46. The average Bonchev–Trinajstić information content (AvgIpc) is 3.36. The SMILES string of the molecule is C/C(=C\C(Cl)=C/C(C)C(F)(F)F)C1(C(F)(F)F)CC(c2ccc(C(=O)NCC(=O)NCC(F)(F)F)c3ccccc23)=NO1. The first-order valence-electron chi connectivity index (χ1n) is 12.3. The first kappa shape index (κ1) is 33.7. The van der Waals surface area contributed by atoms with Crippen molar-refractivity contribution in [1.82, 2.24) is 10.6 Å². The normalized spacial score (nSPS) is 19.1. The van der Waals surface area contributed by atoms with Crippen LogP contribution < -0.4 is 10.6 Å². The summed E-state index contributed by atoms with van der Waals surface area (Å²) in [6.45, 7) is -0.580. The lowest BCUT2D eigenvalue weighted by Gasteiger charge is -2.30. The molecule has 0 aromatic heterocycles. The van der Waals surface area contributed by atoms with Gasteiger partial charge in [0.1, 0.15) is 6.54 Å². The van der Waals surface area contributed by atoms with Crippen LogP contribution in [0.25, 0.3) is 10.8 Å². The Labute approximate surface area is 243 Å². The third-order valence-corrected chi connectivity index (χ3v) is 6.71. The summed E-state index contributed by atoms with van der Waals surface area (Å²) in [5.41, 5.74) is -3.70. The van der Waals surface area contributed by atoms with Crippen molar-refractivity contribution in [2.45, 2.75) is 44.4 Å². The van der Waals surface area contributed by atoms with E-state index in [1.54, 1.807) is 5.32 Å². The summed E-state index contributed by atoms with van der Waals surface area (Å²) in [6, 6.07) is 8.51. The van der Waals surface area contributed by atoms with Crippen LogP contribution in [0.4, 0.5) is 39.5 Å². The van der Waals surface area contributed by atoms with Crippen LogP contribution in [0, 0.1) is 5.92 Å². The largest absolute Gasteiger partial charge is 0.435 e. The van der Waals surface area contributed by atoms with Gasteiger partial charge in [-0.05, 0) is 35.4 Å². The van der Waals surface area contributed by atoms with Gasteiger partial charge in [-0.15, -0.1) is 0 Å². The van der Waals surface area contributed by atoms with E-state index in [1.165, 1.54) is 36.4 Å². The third kappa shape index (κ3) is 8.00. The van der Waals surface area contributed by atoms with Crippen LogP contribution in [0.5, 0.6) is 0 Å². The van der Waals surface area contributed by atoms with Gasteiger partial charge in [0.25, 0.3) is 11.5 Å². The molecule has 0 fully saturated rings. The van der Waals surface area contributed by atoms with Crippen LogP contribution in [-0.2, 0) is 9.63 Å². The highest BCUT2D eigenvalue weighted by molar-refractivity contribution is 6.31. The van der Waals surface area contributed by atoms with Crippen LogP contribution in [0.2, 0.25) is 0 Å². The zero-order valence-electron chi connectivity index (χ0n) is 22.3. The smallest absolute Gasteiger partial charge is 0.374 e. The van der Waals surface area contributed by atoms with E-state index in [2.05, 4.69) is 10.5 Å². The van der Waals surface area contributed by atoms with Gasteiger partial charge in [-0.2, -0.15) is 39.5 Å². The number of amides is 2. The highest BCUT2D eigenvalue weighted by Crippen LogP contribution is 2.47. The van der Waals surface area contributed by atoms with Crippen LogP contribution >= 0.6 is 11.6 Å². The van der Waals surface area contributed by atoms with E-state index in [0.29, 0.717) is 6.08 Å². The van der Waals surface area contributed by atoms with Crippen LogP contribution in [0.15, 0.2) is 64.3 Å². The molecule has 0 aliphatic carbocycles. The van der Waals surface area contributed by atoms with Crippen LogP contribution in [0.1, 0.15) is 36.2 Å². The maximum atomic E-state index is 14.4. The molecule has 0 saturated heterocycles. The van der Waals surface area contributed by atoms with Crippen molar-refractivity contribution in [3.8, 4) is 0 Å². The number of nitrogens with zero attached hydrogens (tertiary/aromatic N) is 1. The van der Waals surface area contributed by atoms with Gasteiger partial charge < -0.3 is 15.5 Å². The molecule has 2 aromatic carbocycles. The fourth-order valence-electron chi connectivity index (χ4n) is 4.14. The molecule has 16 heteroatoms. The monoisotopic (exact) mass is 643 g/mol. The lowest BCUT2D eigenvalue weighted by molar-refractivity contribution is -0.253. The minimum absolute atomic E-state index is 0.0312. The van der Waals surface area contributed by atoms with Gasteiger partial charge in [0.05, 0.1) is 18.2 Å². The lowest BCUT2D eigenvalue weighted by atomic mass is 9.85. The molecular weight excluding hydrogens is 621 g/mol. The van der Waals surface area contributed by atoms with E-state index in [4.69, 9.17) is 16.4 Å². The van der Waals surface area contributed by atoms with Gasteiger partial charge >= 0.3 is 18.5 Å². The van der Waals surface area contributed by atoms with Gasteiger partial charge in [0.15, 0.2) is 0 Å². The first-order chi connectivity index (χ1) is 19.7. The first-order valence-corrected chi connectivity index (χ1v) is 12.7. The Morgan fingerprint density at radius 1 is 1.02 bits per heavy atom. The van der Waals surface area contributed by atoms with E-state index in [-0.39, 0.29) is 27.6 Å². The Bertz CT molecular complexity index is 1480. The second-order valence-corrected chi connectivity index (χ2v) is 10.1. The number of carbonyl (C=O) groups is 2. The van der Waals surface area contributed by atoms with Crippen molar-refractivity contribution < 1.29 is 53.9 Å². The number of rotatable bonds is 8. The van der Waals surface area contributed by atoms with Crippen molar-refractivity contribution >= 4 is 39.9 Å². The van der Waals surface area contributed by atoms with Gasteiger partial charge in [-0.1, -0.05) is 60.1 Å². The standard InChI is InChI=1S/C27H23ClF9N3O3/c1-14(9-16(28)10-15(2)26(32,33)34)24(27(35,36)37)11-21(40-43-24)19-7-8-20(18-6-4-3-5-17(18)19)23(42)38-12-22(41)39-13-25(29,30)31/h3-10,15H,11-13H2,1-2H3,(H,38,42)(H,39,41)/b14-9+,16-10+. The summed E-state index contributed by atoms with van der Waals surface area (Å²) in [6.07, 6.45) is -14.0. The summed E-state index contributed by atoms with van der Waals surface area (Å²) >= 11 is 5.84. The Hall–Kier alpha value is -3.75. The maximum absolute atomic E-state index is 14.4. The molecule has 2 aromatic rings. The molecule has 0 radical (unpaired) electrons. The van der Waals surface area contributed by atoms with Crippen molar-refractivity contribution in [3.63, 3.8) is 0 Å². The van der Waals surface area contributed by atoms with E-state index < -0.39 is 72.0 Å². The molecule has 2 unspecified atom stereocenters. The Morgan fingerprint density at radius 2 is 1.65 bits per heavy atom. The van der Waals surface area contributed by atoms with Crippen LogP contribution in [-0.4, -0.2) is 54.7 Å². The Kier molecular flexibility index (Phi) is 9.78. The quantitative estimate of drug-likeness (QED) is 0.242. The van der Waals surface area contributed by atoms with Gasteiger partial charge in [-0.25, -0.2) is 0 Å². The van der Waals surface area contributed by atoms with Crippen molar-refractivity contribution in [2.75, 3.05) is 13.1 Å². The van der Waals surface area contributed by atoms with Gasteiger partial charge in [0, 0.05) is 22.6 Å². The van der Waals surface area contributed by atoms with Crippen molar-refractivity contribution in [2.24, 2.45) is 11.1 Å². The minimum atomic E-state index is -5.08. The molecular formula is C27H23ClF9N3O3. The topological polar surface area (TPSA) is 79.8 Å². The molecule has 2 N–H and O–H groups in total. The summed E-state index contributed by atoms with van der Waals surface area (Å²) in [7, 11) is 0. The number of fused-ring (bicyclic) bond motifs is 1. The average molecular weight is 644 g/mol. The summed E-state index contributed by atoms with van der Waals surface area (Å²) in [4.78, 5) is 29.3. The second-order valence-electron chi connectivity index (χ2n) is 9.62. The predicted octanol–water partition coefficient (Wildman–Crippen LogP) is 6.94. The number of benzene rings is 2. The fourth-order valence-corrected chi connectivity index (χ4v) is 4.49. The summed E-state index contributed by atoms with van der Waals surface area (Å²) in [5.74, 6) is -3.97. The molecule has 0 bridgehead atoms. The molecule has 3 rings (SSSR count). The van der Waals surface area contributed by atoms with E-state index >= 15 is 0 Å². The van der Waals surface area contributed by atoms with E-state index in [0.717, 1.165) is 19.9 Å². The molecule has 2 atom stereocenters. The van der Waals surface area contributed by atoms with Gasteiger partial charge in [0.2, 0.25) is 5.91 Å². The Morgan fingerprint density at radius 3 is 2.23 bits per heavy atom. The minimum Gasteiger partial charge on any atom is -0.374 e.